The number of nitrogen functional groups attached to an aromatic ring is 1. The van der Waals surface area contributed by atoms with Gasteiger partial charge >= 0.3 is 0 Å². The van der Waals surface area contributed by atoms with Crippen molar-refractivity contribution in [2.45, 2.75) is 32.9 Å². The predicted octanol–water partition coefficient (Wildman–Crippen LogP) is 1.89. The van der Waals surface area contributed by atoms with Crippen molar-refractivity contribution >= 4 is 5.82 Å². The van der Waals surface area contributed by atoms with Crippen LogP contribution in [-0.4, -0.2) is 22.5 Å². The fraction of sp³-hybridized carbons (Fsp3) is 0.583. The summed E-state index contributed by atoms with van der Waals surface area (Å²) >= 11 is 0. The van der Waals surface area contributed by atoms with E-state index in [0.29, 0.717) is 11.9 Å². The average molecular weight is 205 g/mol. The molecule has 1 aliphatic heterocycles. The Balaban J connectivity index is 2.00. The maximum atomic E-state index is 5.56. The molecule has 3 heteroatoms. The van der Waals surface area contributed by atoms with Crippen LogP contribution in [0.25, 0.3) is 0 Å². The molecule has 82 valence electrons. The zero-order valence-corrected chi connectivity index (χ0v) is 9.48. The Kier molecular flexibility index (Phi) is 2.91. The molecule has 0 spiro atoms. The number of hydrogen-bond donors (Lipinski definition) is 1. The summed E-state index contributed by atoms with van der Waals surface area (Å²) in [4.78, 5) is 6.63. The number of nitrogens with two attached hydrogens (primary N) is 1. The first-order chi connectivity index (χ1) is 7.15. The van der Waals surface area contributed by atoms with Crippen molar-refractivity contribution in [1.82, 2.24) is 9.88 Å². The van der Waals surface area contributed by atoms with E-state index in [0.717, 1.165) is 12.5 Å². The van der Waals surface area contributed by atoms with Crippen LogP contribution in [0.3, 0.4) is 0 Å². The van der Waals surface area contributed by atoms with E-state index in [1.807, 2.05) is 12.3 Å². The maximum absolute atomic E-state index is 5.56. The minimum absolute atomic E-state index is 0.599. The Morgan fingerprint density at radius 2 is 2.27 bits per heavy atom. The summed E-state index contributed by atoms with van der Waals surface area (Å²) in [6.07, 6.45) is 3.19. The van der Waals surface area contributed by atoms with Crippen LogP contribution in [0.2, 0.25) is 0 Å². The van der Waals surface area contributed by atoms with Crippen LogP contribution in [0.4, 0.5) is 5.82 Å². The summed E-state index contributed by atoms with van der Waals surface area (Å²) in [5, 5.41) is 0. The lowest BCUT2D eigenvalue weighted by molar-refractivity contribution is 0.256. The second kappa shape index (κ2) is 4.19. The Morgan fingerprint density at radius 1 is 1.47 bits per heavy atom. The van der Waals surface area contributed by atoms with Gasteiger partial charge in [-0.1, -0.05) is 13.0 Å². The van der Waals surface area contributed by atoms with E-state index in [4.69, 9.17) is 5.73 Å². The standard InChI is InChI=1S/C12H19N3/c1-9-5-10(2)15(7-9)8-11-3-4-12(13)14-6-11/h3-4,6,9-10H,5,7-8H2,1-2H3,(H2,13,14). The van der Waals surface area contributed by atoms with E-state index in [-0.39, 0.29) is 0 Å². The van der Waals surface area contributed by atoms with Crippen molar-refractivity contribution in [3.63, 3.8) is 0 Å². The molecule has 1 fully saturated rings. The van der Waals surface area contributed by atoms with E-state index in [1.165, 1.54) is 18.5 Å². The van der Waals surface area contributed by atoms with Gasteiger partial charge in [0.2, 0.25) is 0 Å². The molecule has 1 aliphatic rings. The first-order valence-corrected chi connectivity index (χ1v) is 5.59. The summed E-state index contributed by atoms with van der Waals surface area (Å²) in [6.45, 7) is 6.82. The van der Waals surface area contributed by atoms with E-state index in [9.17, 15) is 0 Å². The quantitative estimate of drug-likeness (QED) is 0.801. The van der Waals surface area contributed by atoms with Crippen molar-refractivity contribution in [3.8, 4) is 0 Å². The normalized spacial score (nSPS) is 27.1. The molecule has 1 aromatic rings. The van der Waals surface area contributed by atoms with Crippen molar-refractivity contribution in [1.29, 1.82) is 0 Å². The highest BCUT2D eigenvalue weighted by atomic mass is 15.2. The maximum Gasteiger partial charge on any atom is 0.123 e. The molecule has 1 saturated heterocycles. The van der Waals surface area contributed by atoms with E-state index in [2.05, 4.69) is 29.8 Å². The molecule has 2 unspecified atom stereocenters. The van der Waals surface area contributed by atoms with Crippen LogP contribution in [0.1, 0.15) is 25.8 Å². The SMILES string of the molecule is CC1CC(C)N(Cc2ccc(N)nc2)C1. The molecule has 15 heavy (non-hydrogen) atoms. The molecule has 2 atom stereocenters. The third-order valence-electron chi connectivity index (χ3n) is 3.15. The minimum atomic E-state index is 0.599. The van der Waals surface area contributed by atoms with Gasteiger partial charge in [-0.15, -0.1) is 0 Å². The molecule has 0 aliphatic carbocycles. The van der Waals surface area contributed by atoms with Crippen LogP contribution in [0.15, 0.2) is 18.3 Å². The van der Waals surface area contributed by atoms with Gasteiger partial charge in [0.15, 0.2) is 0 Å². The lowest BCUT2D eigenvalue weighted by Gasteiger charge is -2.20. The molecule has 0 amide bonds. The topological polar surface area (TPSA) is 42.1 Å². The first-order valence-electron chi connectivity index (χ1n) is 5.59. The lowest BCUT2D eigenvalue weighted by Crippen LogP contribution is -2.26. The molecular weight excluding hydrogens is 186 g/mol. The molecule has 2 rings (SSSR count). The van der Waals surface area contributed by atoms with Crippen LogP contribution in [0.5, 0.6) is 0 Å². The molecule has 3 nitrogen and oxygen atoms in total. The lowest BCUT2D eigenvalue weighted by atomic mass is 10.1. The van der Waals surface area contributed by atoms with Gasteiger partial charge in [0.05, 0.1) is 0 Å². The van der Waals surface area contributed by atoms with E-state index in [1.54, 1.807) is 0 Å². The number of anilines is 1. The minimum Gasteiger partial charge on any atom is -0.384 e. The number of hydrogen-bond acceptors (Lipinski definition) is 3. The third kappa shape index (κ3) is 2.48. The number of likely N-dealkylation sites (tertiary alicyclic amines) is 1. The molecule has 2 N–H and O–H groups in total. The smallest absolute Gasteiger partial charge is 0.123 e. The molecule has 0 aromatic carbocycles. The highest BCUT2D eigenvalue weighted by Gasteiger charge is 2.25. The molecule has 2 heterocycles. The summed E-state index contributed by atoms with van der Waals surface area (Å²) in [7, 11) is 0. The summed E-state index contributed by atoms with van der Waals surface area (Å²) in [5.41, 5.74) is 6.81. The van der Waals surface area contributed by atoms with Gasteiger partial charge in [-0.2, -0.15) is 0 Å². The van der Waals surface area contributed by atoms with Gasteiger partial charge < -0.3 is 5.73 Å². The van der Waals surface area contributed by atoms with Gasteiger partial charge in [0.25, 0.3) is 0 Å². The zero-order chi connectivity index (χ0) is 10.8. The Bertz CT molecular complexity index is 320. The fourth-order valence-corrected chi connectivity index (χ4v) is 2.37. The van der Waals surface area contributed by atoms with Gasteiger partial charge in [-0.3, -0.25) is 4.90 Å². The molecule has 0 bridgehead atoms. The fourth-order valence-electron chi connectivity index (χ4n) is 2.37. The molecular formula is C12H19N3. The number of nitrogens with zero attached hydrogens (tertiary/aromatic N) is 2. The highest BCUT2D eigenvalue weighted by Crippen LogP contribution is 2.23. The van der Waals surface area contributed by atoms with Crippen LogP contribution >= 0.6 is 0 Å². The second-order valence-corrected chi connectivity index (χ2v) is 4.71. The summed E-state index contributed by atoms with van der Waals surface area (Å²) in [6, 6.07) is 4.63. The van der Waals surface area contributed by atoms with Crippen LogP contribution in [0, 0.1) is 5.92 Å². The second-order valence-electron chi connectivity index (χ2n) is 4.71. The summed E-state index contributed by atoms with van der Waals surface area (Å²) < 4.78 is 0. The number of pyridine rings is 1. The monoisotopic (exact) mass is 205 g/mol. The Labute approximate surface area is 91.3 Å². The zero-order valence-electron chi connectivity index (χ0n) is 9.48. The average Bonchev–Trinajstić information content (AvgIpc) is 2.49. The first kappa shape index (κ1) is 10.4. The van der Waals surface area contributed by atoms with Gasteiger partial charge in [-0.05, 0) is 30.9 Å². The van der Waals surface area contributed by atoms with Gasteiger partial charge in [0, 0.05) is 25.3 Å². The Morgan fingerprint density at radius 3 is 2.80 bits per heavy atom. The number of aromatic nitrogens is 1. The van der Waals surface area contributed by atoms with E-state index >= 15 is 0 Å². The third-order valence-corrected chi connectivity index (χ3v) is 3.15. The van der Waals surface area contributed by atoms with Crippen molar-refractivity contribution in [2.24, 2.45) is 5.92 Å². The predicted molar refractivity (Wildman–Crippen MR) is 62.3 cm³/mol. The van der Waals surface area contributed by atoms with Crippen molar-refractivity contribution in [3.05, 3.63) is 23.9 Å². The Hall–Kier alpha value is -1.09. The van der Waals surface area contributed by atoms with Crippen LogP contribution in [-0.2, 0) is 6.54 Å². The van der Waals surface area contributed by atoms with Crippen molar-refractivity contribution < 1.29 is 0 Å². The van der Waals surface area contributed by atoms with Gasteiger partial charge in [-0.25, -0.2) is 4.98 Å². The summed E-state index contributed by atoms with van der Waals surface area (Å²) in [5.74, 6) is 1.42. The van der Waals surface area contributed by atoms with E-state index < -0.39 is 0 Å². The molecule has 0 radical (unpaired) electrons. The molecule has 0 saturated carbocycles. The van der Waals surface area contributed by atoms with Crippen molar-refractivity contribution in [2.75, 3.05) is 12.3 Å². The molecule has 1 aromatic heterocycles. The number of rotatable bonds is 2. The largest absolute Gasteiger partial charge is 0.384 e. The van der Waals surface area contributed by atoms with Crippen LogP contribution < -0.4 is 5.73 Å². The van der Waals surface area contributed by atoms with Gasteiger partial charge in [0.1, 0.15) is 5.82 Å². The highest BCUT2D eigenvalue weighted by molar-refractivity contribution is 5.29.